The third kappa shape index (κ3) is 5.86. The molecule has 1 saturated heterocycles. The molecule has 3 aromatic heterocycles. The molecule has 1 aliphatic heterocycles. The lowest BCUT2D eigenvalue weighted by molar-refractivity contribution is 0.0987. The number of fused-ring (bicyclic) bond motifs is 1. The summed E-state index contributed by atoms with van der Waals surface area (Å²) in [5, 5.41) is 0. The summed E-state index contributed by atoms with van der Waals surface area (Å²) in [5.41, 5.74) is 7.74. The van der Waals surface area contributed by atoms with Crippen molar-refractivity contribution >= 4 is 33.9 Å². The van der Waals surface area contributed by atoms with Gasteiger partial charge in [-0.1, -0.05) is 12.1 Å². The zero-order chi connectivity index (χ0) is 27.5. The van der Waals surface area contributed by atoms with Crippen LogP contribution in [0.2, 0.25) is 0 Å². The minimum Gasteiger partial charge on any atom is -0.384 e. The maximum absolute atomic E-state index is 15.5. The molecule has 204 valence electrons. The van der Waals surface area contributed by atoms with E-state index in [1.165, 1.54) is 12.1 Å². The van der Waals surface area contributed by atoms with E-state index >= 15 is 4.39 Å². The van der Waals surface area contributed by atoms with Crippen LogP contribution in [0.1, 0.15) is 25.1 Å². The minimum atomic E-state index is -2.27. The van der Waals surface area contributed by atoms with E-state index in [9.17, 15) is 8.60 Å². The number of halogens is 2. The van der Waals surface area contributed by atoms with Crippen LogP contribution in [0.15, 0.2) is 48.7 Å². The molecule has 10 nitrogen and oxygen atoms in total. The van der Waals surface area contributed by atoms with Crippen LogP contribution in [0.3, 0.4) is 0 Å². The first-order valence-corrected chi connectivity index (χ1v) is 13.4. The highest BCUT2D eigenvalue weighted by Crippen LogP contribution is 2.34. The van der Waals surface area contributed by atoms with E-state index in [2.05, 4.69) is 19.6 Å². The van der Waals surface area contributed by atoms with E-state index in [-0.39, 0.29) is 30.1 Å². The van der Waals surface area contributed by atoms with Crippen molar-refractivity contribution < 1.29 is 22.3 Å². The fourth-order valence-corrected chi connectivity index (χ4v) is 4.77. The normalized spacial score (nSPS) is 17.3. The number of ether oxygens (including phenoxy) is 1. The number of rotatable bonds is 8. The summed E-state index contributed by atoms with van der Waals surface area (Å²) in [6.45, 7) is 3.54. The second kappa shape index (κ2) is 11.6. The second-order valence-corrected chi connectivity index (χ2v) is 9.92. The van der Waals surface area contributed by atoms with Crippen molar-refractivity contribution in [1.29, 1.82) is 0 Å². The molecule has 3 unspecified atom stereocenters. The fraction of sp³-hybridized carbons (Fsp3) is 0.308. The average molecular weight is 556 g/mol. The molecular weight excluding hydrogens is 528 g/mol. The number of nitrogens with two attached hydrogens (primary N) is 1. The summed E-state index contributed by atoms with van der Waals surface area (Å²) >= 11 is -2.27. The number of hydrogen-bond acceptors (Lipinski definition) is 8. The molecule has 1 aromatic carbocycles. The van der Waals surface area contributed by atoms with Gasteiger partial charge in [0.15, 0.2) is 11.6 Å². The van der Waals surface area contributed by atoms with Gasteiger partial charge in [0.1, 0.15) is 23.3 Å². The standard InChI is InChI=1S/C26H27F2N7O3S/c1-15-14-38-12-11-35(15)26-24-21(33-25(34-26)16-5-8-22(29)30-13-16)7-6-20(32-24)18-4-2-3-17(23(18)28)19(27)9-10-31-39(36)37/h2-8,13,15,19,31H,9-12,14H2,1H3,(H2,29,30)(H,36,37). The highest BCUT2D eigenvalue weighted by atomic mass is 32.2. The molecule has 0 aliphatic carbocycles. The Labute approximate surface area is 226 Å². The molecule has 39 heavy (non-hydrogen) atoms. The highest BCUT2D eigenvalue weighted by Gasteiger charge is 2.25. The van der Waals surface area contributed by atoms with Crippen molar-refractivity contribution in [3.05, 3.63) is 60.0 Å². The third-order valence-electron chi connectivity index (χ3n) is 6.47. The average Bonchev–Trinajstić information content (AvgIpc) is 2.93. The summed E-state index contributed by atoms with van der Waals surface area (Å²) in [4.78, 5) is 20.5. The molecule has 3 atom stereocenters. The van der Waals surface area contributed by atoms with Gasteiger partial charge in [-0.3, -0.25) is 4.55 Å². The Morgan fingerprint density at radius 3 is 2.82 bits per heavy atom. The number of nitrogens with one attached hydrogen (secondary N) is 1. The molecule has 0 bridgehead atoms. The van der Waals surface area contributed by atoms with Crippen LogP contribution >= 0.6 is 0 Å². The molecule has 0 radical (unpaired) electrons. The van der Waals surface area contributed by atoms with E-state index in [1.807, 2.05) is 6.92 Å². The Bertz CT molecular complexity index is 1510. The Morgan fingerprint density at radius 2 is 2.08 bits per heavy atom. The lowest BCUT2D eigenvalue weighted by atomic mass is 10.0. The topological polar surface area (TPSA) is 139 Å². The molecular formula is C26H27F2N7O3S. The van der Waals surface area contributed by atoms with Crippen molar-refractivity contribution in [1.82, 2.24) is 24.7 Å². The number of pyridine rings is 2. The van der Waals surface area contributed by atoms with Crippen molar-refractivity contribution in [2.45, 2.75) is 25.6 Å². The maximum Gasteiger partial charge on any atom is 0.231 e. The van der Waals surface area contributed by atoms with Crippen LogP contribution in [0, 0.1) is 5.82 Å². The van der Waals surface area contributed by atoms with E-state index in [0.29, 0.717) is 59.5 Å². The number of morpholine rings is 1. The summed E-state index contributed by atoms with van der Waals surface area (Å²) in [5.74, 6) is 0.664. The fourth-order valence-electron chi connectivity index (χ4n) is 4.48. The van der Waals surface area contributed by atoms with Gasteiger partial charge in [-0.2, -0.15) is 0 Å². The van der Waals surface area contributed by atoms with Crippen molar-refractivity contribution in [2.24, 2.45) is 0 Å². The molecule has 1 aliphatic rings. The van der Waals surface area contributed by atoms with E-state index in [1.54, 1.807) is 36.5 Å². The van der Waals surface area contributed by atoms with Gasteiger partial charge in [0, 0.05) is 36.0 Å². The van der Waals surface area contributed by atoms with Gasteiger partial charge in [-0.15, -0.1) is 0 Å². The maximum atomic E-state index is 15.5. The number of aromatic nitrogens is 4. The predicted molar refractivity (Wildman–Crippen MR) is 145 cm³/mol. The van der Waals surface area contributed by atoms with Crippen molar-refractivity contribution in [2.75, 3.05) is 36.9 Å². The first-order valence-electron chi connectivity index (χ1n) is 12.3. The number of alkyl halides is 1. The van der Waals surface area contributed by atoms with Crippen LogP contribution in [0.5, 0.6) is 0 Å². The lowest BCUT2D eigenvalue weighted by Crippen LogP contribution is -2.44. The lowest BCUT2D eigenvalue weighted by Gasteiger charge is -2.34. The summed E-state index contributed by atoms with van der Waals surface area (Å²) in [6, 6.07) is 11.3. The largest absolute Gasteiger partial charge is 0.384 e. The van der Waals surface area contributed by atoms with Crippen molar-refractivity contribution in [3.63, 3.8) is 0 Å². The van der Waals surface area contributed by atoms with Crippen LogP contribution in [0.4, 0.5) is 20.4 Å². The Morgan fingerprint density at radius 1 is 1.23 bits per heavy atom. The number of benzene rings is 1. The first kappa shape index (κ1) is 26.9. The summed E-state index contributed by atoms with van der Waals surface area (Å²) in [7, 11) is 0. The Balaban J connectivity index is 1.58. The van der Waals surface area contributed by atoms with Crippen LogP contribution in [0.25, 0.3) is 33.7 Å². The van der Waals surface area contributed by atoms with Crippen molar-refractivity contribution in [3.8, 4) is 22.6 Å². The molecule has 13 heteroatoms. The van der Waals surface area contributed by atoms with Gasteiger partial charge in [-0.25, -0.2) is 37.6 Å². The first-order chi connectivity index (χ1) is 18.8. The zero-order valence-electron chi connectivity index (χ0n) is 21.1. The third-order valence-corrected chi connectivity index (χ3v) is 6.92. The van der Waals surface area contributed by atoms with Gasteiger partial charge in [0.2, 0.25) is 11.3 Å². The zero-order valence-corrected chi connectivity index (χ0v) is 21.9. The summed E-state index contributed by atoms with van der Waals surface area (Å²) in [6.07, 6.45) is -0.244. The number of anilines is 2. The molecule has 0 spiro atoms. The van der Waals surface area contributed by atoms with Crippen LogP contribution in [-0.4, -0.2) is 61.0 Å². The van der Waals surface area contributed by atoms with Gasteiger partial charge in [-0.05, 0) is 43.7 Å². The Kier molecular flexibility index (Phi) is 8.02. The molecule has 5 rings (SSSR count). The highest BCUT2D eigenvalue weighted by molar-refractivity contribution is 7.77. The molecule has 4 N–H and O–H groups in total. The molecule has 1 fully saturated rings. The second-order valence-electron chi connectivity index (χ2n) is 9.13. The van der Waals surface area contributed by atoms with E-state index < -0.39 is 23.3 Å². The predicted octanol–water partition coefficient (Wildman–Crippen LogP) is 3.83. The minimum absolute atomic E-state index is 0.00826. The van der Waals surface area contributed by atoms with Gasteiger partial charge in [0.05, 0.1) is 30.5 Å². The monoisotopic (exact) mass is 555 g/mol. The molecule has 0 saturated carbocycles. The number of nitrogen functional groups attached to an aromatic ring is 1. The Hall–Kier alpha value is -3.65. The number of hydrogen-bond donors (Lipinski definition) is 3. The molecule has 0 amide bonds. The van der Waals surface area contributed by atoms with Gasteiger partial charge < -0.3 is 15.4 Å². The van der Waals surface area contributed by atoms with Gasteiger partial charge in [0.25, 0.3) is 0 Å². The number of nitrogens with zero attached hydrogens (tertiary/aromatic N) is 5. The molecule has 4 heterocycles. The molecule has 4 aromatic rings. The van der Waals surface area contributed by atoms with E-state index in [4.69, 9.17) is 25.0 Å². The van der Waals surface area contributed by atoms with Crippen LogP contribution < -0.4 is 15.4 Å². The summed E-state index contributed by atoms with van der Waals surface area (Å²) < 4.78 is 57.8. The van der Waals surface area contributed by atoms with Crippen LogP contribution in [-0.2, 0) is 16.0 Å². The quantitative estimate of drug-likeness (QED) is 0.277. The SMILES string of the molecule is CC1COCCN1c1nc(-c2ccc(N)nc2)nc2ccc(-c3cccc(C(F)CCNS(=O)O)c3F)nc12. The van der Waals surface area contributed by atoms with E-state index in [0.717, 1.165) is 0 Å². The van der Waals surface area contributed by atoms with Gasteiger partial charge >= 0.3 is 0 Å². The smallest absolute Gasteiger partial charge is 0.231 e.